The van der Waals surface area contributed by atoms with E-state index in [0.29, 0.717) is 6.42 Å². The first-order valence-corrected chi connectivity index (χ1v) is 5.25. The Morgan fingerprint density at radius 1 is 1.35 bits per heavy atom. The van der Waals surface area contributed by atoms with Crippen LogP contribution in [0.2, 0.25) is 0 Å². The smallest absolute Gasteiger partial charge is 0.329 e. The molecule has 0 saturated carbocycles. The van der Waals surface area contributed by atoms with Crippen LogP contribution in [-0.2, 0) is 14.4 Å². The fourth-order valence-corrected chi connectivity index (χ4v) is 1.37. The summed E-state index contributed by atoms with van der Waals surface area (Å²) in [5.74, 6) is -3.15. The van der Waals surface area contributed by atoms with Gasteiger partial charge in [-0.3, -0.25) is 9.59 Å². The molecule has 5 N–H and O–H groups in total. The van der Waals surface area contributed by atoms with Gasteiger partial charge in [-0.2, -0.15) is 0 Å². The van der Waals surface area contributed by atoms with Gasteiger partial charge in [0.15, 0.2) is 0 Å². The first kappa shape index (κ1) is 15.4. The number of amides is 1. The number of nitrogens with two attached hydrogens (primary N) is 1. The van der Waals surface area contributed by atoms with E-state index in [1.54, 1.807) is 6.92 Å². The van der Waals surface area contributed by atoms with Gasteiger partial charge in [0.25, 0.3) is 0 Å². The van der Waals surface area contributed by atoms with Gasteiger partial charge in [-0.25, -0.2) is 4.79 Å². The van der Waals surface area contributed by atoms with E-state index in [1.807, 2.05) is 0 Å². The average molecular weight is 246 g/mol. The molecular weight excluding hydrogens is 228 g/mol. The van der Waals surface area contributed by atoms with E-state index in [1.165, 1.54) is 6.92 Å². The predicted octanol–water partition coefficient (Wildman–Crippen LogP) is -0.452. The normalized spacial score (nSPS) is 15.7. The molecule has 0 heterocycles. The molecule has 0 aliphatic carbocycles. The van der Waals surface area contributed by atoms with E-state index in [0.717, 1.165) is 0 Å². The number of carbonyl (C=O) groups excluding carboxylic acids is 1. The summed E-state index contributed by atoms with van der Waals surface area (Å²) in [7, 11) is 0. The predicted molar refractivity (Wildman–Crippen MR) is 59.3 cm³/mol. The number of carbonyl (C=O) groups is 3. The van der Waals surface area contributed by atoms with Gasteiger partial charge in [-0.05, 0) is 13.3 Å². The van der Waals surface area contributed by atoms with Crippen molar-refractivity contribution in [1.29, 1.82) is 0 Å². The van der Waals surface area contributed by atoms with E-state index < -0.39 is 35.8 Å². The van der Waals surface area contributed by atoms with E-state index in [-0.39, 0.29) is 6.42 Å². The van der Waals surface area contributed by atoms with E-state index in [2.05, 4.69) is 5.32 Å². The van der Waals surface area contributed by atoms with Crippen molar-refractivity contribution in [3.05, 3.63) is 0 Å². The molecular formula is C10H18N2O5. The molecule has 7 nitrogen and oxygen atoms in total. The third-order valence-electron chi connectivity index (χ3n) is 2.35. The molecule has 1 amide bonds. The summed E-state index contributed by atoms with van der Waals surface area (Å²) in [5, 5.41) is 19.7. The van der Waals surface area contributed by atoms with E-state index >= 15 is 0 Å². The van der Waals surface area contributed by atoms with E-state index in [9.17, 15) is 14.4 Å². The Morgan fingerprint density at radius 2 is 1.88 bits per heavy atom. The second kappa shape index (κ2) is 6.19. The number of carboxylic acid groups (broad SMARTS) is 2. The molecule has 0 saturated heterocycles. The van der Waals surface area contributed by atoms with Crippen molar-refractivity contribution in [2.45, 2.75) is 44.7 Å². The quantitative estimate of drug-likeness (QED) is 0.481. The highest BCUT2D eigenvalue weighted by molar-refractivity contribution is 5.91. The molecule has 0 aliphatic rings. The number of hydrogen-bond acceptors (Lipinski definition) is 4. The van der Waals surface area contributed by atoms with Crippen LogP contribution in [0.4, 0.5) is 0 Å². The second-order valence-corrected chi connectivity index (χ2v) is 4.08. The van der Waals surface area contributed by atoms with Crippen molar-refractivity contribution in [3.63, 3.8) is 0 Å². The molecule has 0 bridgehead atoms. The monoisotopic (exact) mass is 246 g/mol. The average Bonchev–Trinajstić information content (AvgIpc) is 2.16. The zero-order valence-electron chi connectivity index (χ0n) is 9.90. The standard InChI is InChI=1S/C10H18N2O5/c1-3-4-10(2,9(16)17)12-8(15)6(11)5-7(13)14/h6H,3-5,11H2,1-2H3,(H,12,15)(H,13,14)(H,16,17). The summed E-state index contributed by atoms with van der Waals surface area (Å²) in [5.41, 5.74) is 3.92. The molecule has 0 radical (unpaired) electrons. The SMILES string of the molecule is CCCC(C)(NC(=O)C(N)CC(=O)O)C(=O)O. The van der Waals surface area contributed by atoms with Gasteiger partial charge in [0.1, 0.15) is 5.54 Å². The number of aliphatic carboxylic acids is 2. The molecule has 0 rings (SSSR count). The zero-order valence-corrected chi connectivity index (χ0v) is 9.90. The Labute approximate surface area is 99.0 Å². The van der Waals surface area contributed by atoms with Crippen molar-refractivity contribution < 1.29 is 24.6 Å². The second-order valence-electron chi connectivity index (χ2n) is 4.08. The Morgan fingerprint density at radius 3 is 2.24 bits per heavy atom. The number of hydrogen-bond donors (Lipinski definition) is 4. The van der Waals surface area contributed by atoms with Crippen LogP contribution >= 0.6 is 0 Å². The highest BCUT2D eigenvalue weighted by Crippen LogP contribution is 2.12. The van der Waals surface area contributed by atoms with Gasteiger partial charge in [-0.15, -0.1) is 0 Å². The van der Waals surface area contributed by atoms with Crippen LogP contribution in [0.15, 0.2) is 0 Å². The number of nitrogens with one attached hydrogen (secondary N) is 1. The summed E-state index contributed by atoms with van der Waals surface area (Å²) in [6.07, 6.45) is 0.277. The summed E-state index contributed by atoms with van der Waals surface area (Å²) < 4.78 is 0. The Hall–Kier alpha value is -1.63. The van der Waals surface area contributed by atoms with E-state index in [4.69, 9.17) is 15.9 Å². The van der Waals surface area contributed by atoms with Crippen molar-refractivity contribution in [2.75, 3.05) is 0 Å². The molecule has 0 aromatic heterocycles. The Bertz CT molecular complexity index is 318. The molecule has 7 heteroatoms. The van der Waals surface area contributed by atoms with Crippen LogP contribution in [0.25, 0.3) is 0 Å². The lowest BCUT2D eigenvalue weighted by Crippen LogP contribution is -2.56. The lowest BCUT2D eigenvalue weighted by Gasteiger charge is -2.27. The maximum atomic E-state index is 11.5. The topological polar surface area (TPSA) is 130 Å². The minimum atomic E-state index is -1.41. The molecule has 0 aromatic rings. The Kier molecular flexibility index (Phi) is 5.60. The minimum Gasteiger partial charge on any atom is -0.481 e. The fourth-order valence-electron chi connectivity index (χ4n) is 1.37. The highest BCUT2D eigenvalue weighted by atomic mass is 16.4. The van der Waals surface area contributed by atoms with Crippen molar-refractivity contribution in [3.8, 4) is 0 Å². The van der Waals surface area contributed by atoms with Gasteiger partial charge in [0.2, 0.25) is 5.91 Å². The third-order valence-corrected chi connectivity index (χ3v) is 2.35. The lowest BCUT2D eigenvalue weighted by molar-refractivity contribution is -0.147. The molecule has 0 aromatic carbocycles. The van der Waals surface area contributed by atoms with Crippen LogP contribution in [0.5, 0.6) is 0 Å². The molecule has 2 atom stereocenters. The Balaban J connectivity index is 4.61. The van der Waals surface area contributed by atoms with Gasteiger partial charge >= 0.3 is 11.9 Å². The van der Waals surface area contributed by atoms with Crippen molar-refractivity contribution in [2.24, 2.45) is 5.73 Å². The number of rotatable bonds is 7. The van der Waals surface area contributed by atoms with Crippen LogP contribution in [0.3, 0.4) is 0 Å². The minimum absolute atomic E-state index is 0.244. The van der Waals surface area contributed by atoms with Crippen LogP contribution in [-0.4, -0.2) is 39.6 Å². The van der Waals surface area contributed by atoms with Crippen LogP contribution < -0.4 is 11.1 Å². The molecule has 17 heavy (non-hydrogen) atoms. The first-order valence-electron chi connectivity index (χ1n) is 5.25. The summed E-state index contributed by atoms with van der Waals surface area (Å²) in [6.45, 7) is 3.15. The molecule has 0 aliphatic heterocycles. The summed E-state index contributed by atoms with van der Waals surface area (Å²) in [4.78, 5) is 32.9. The molecule has 0 fully saturated rings. The van der Waals surface area contributed by atoms with Gasteiger partial charge in [-0.1, -0.05) is 13.3 Å². The van der Waals surface area contributed by atoms with Crippen LogP contribution in [0.1, 0.15) is 33.1 Å². The van der Waals surface area contributed by atoms with Gasteiger partial charge < -0.3 is 21.3 Å². The molecule has 98 valence electrons. The summed E-state index contributed by atoms with van der Waals surface area (Å²) in [6, 6.07) is -1.25. The van der Waals surface area contributed by atoms with Gasteiger partial charge in [0.05, 0.1) is 12.5 Å². The van der Waals surface area contributed by atoms with Crippen molar-refractivity contribution >= 4 is 17.8 Å². The van der Waals surface area contributed by atoms with Crippen molar-refractivity contribution in [1.82, 2.24) is 5.32 Å². The largest absolute Gasteiger partial charge is 0.481 e. The maximum absolute atomic E-state index is 11.5. The molecule has 0 spiro atoms. The summed E-state index contributed by atoms with van der Waals surface area (Å²) >= 11 is 0. The van der Waals surface area contributed by atoms with Crippen LogP contribution in [0, 0.1) is 0 Å². The highest BCUT2D eigenvalue weighted by Gasteiger charge is 2.35. The fraction of sp³-hybridized carbons (Fsp3) is 0.700. The third kappa shape index (κ3) is 4.81. The molecule has 2 unspecified atom stereocenters. The zero-order chi connectivity index (χ0) is 13.6. The number of carboxylic acids is 2. The first-order chi connectivity index (χ1) is 7.73. The maximum Gasteiger partial charge on any atom is 0.329 e. The lowest BCUT2D eigenvalue weighted by atomic mass is 9.95. The van der Waals surface area contributed by atoms with Gasteiger partial charge in [0, 0.05) is 0 Å².